The maximum atomic E-state index is 12.1. The maximum Gasteiger partial charge on any atom is 0.241 e. The van der Waals surface area contributed by atoms with Crippen molar-refractivity contribution in [1.29, 1.82) is 0 Å². The highest BCUT2D eigenvalue weighted by atomic mass is 35.5. The van der Waals surface area contributed by atoms with Gasteiger partial charge in [0.1, 0.15) is 0 Å². The van der Waals surface area contributed by atoms with Crippen molar-refractivity contribution in [2.75, 3.05) is 0 Å². The number of hydrogen-bond acceptors (Lipinski definition) is 2. The molecule has 0 aliphatic heterocycles. The SMILES string of the molecule is Cn1c(/C=C/C(N)=O)ccc1/C=C/C(=O)c1cccc(Cl)c1. The normalized spacial score (nSPS) is 11.4. The van der Waals surface area contributed by atoms with E-state index in [2.05, 4.69) is 0 Å². The van der Waals surface area contributed by atoms with Crippen molar-refractivity contribution >= 4 is 35.4 Å². The van der Waals surface area contributed by atoms with Crippen LogP contribution in [0.1, 0.15) is 21.7 Å². The number of halogens is 1. The van der Waals surface area contributed by atoms with Crippen molar-refractivity contribution in [3.8, 4) is 0 Å². The van der Waals surface area contributed by atoms with E-state index in [0.29, 0.717) is 10.6 Å². The fraction of sp³-hybridized carbons (Fsp3) is 0.0588. The van der Waals surface area contributed by atoms with Crippen LogP contribution in [-0.2, 0) is 11.8 Å². The average Bonchev–Trinajstić information content (AvgIpc) is 2.83. The van der Waals surface area contributed by atoms with Crippen LogP contribution in [0.2, 0.25) is 5.02 Å². The second kappa shape index (κ2) is 6.91. The van der Waals surface area contributed by atoms with Gasteiger partial charge in [0.2, 0.25) is 5.91 Å². The van der Waals surface area contributed by atoms with E-state index in [1.807, 2.05) is 23.7 Å². The standard InChI is InChI=1S/C17H15ClN2O2/c1-20-14(5-6-15(20)8-10-17(19)22)7-9-16(21)12-3-2-4-13(18)11-12/h2-11H,1H3,(H2,19,22)/b9-7+,10-8+. The number of carbonyl (C=O) groups excluding carboxylic acids is 2. The second-order valence-corrected chi connectivity index (χ2v) is 5.12. The number of hydrogen-bond donors (Lipinski definition) is 1. The largest absolute Gasteiger partial charge is 0.366 e. The third kappa shape index (κ3) is 3.96. The molecule has 0 radical (unpaired) electrons. The summed E-state index contributed by atoms with van der Waals surface area (Å²) in [6, 6.07) is 10.5. The Bertz CT molecular complexity index is 773. The second-order valence-electron chi connectivity index (χ2n) is 4.69. The Balaban J connectivity index is 2.17. The van der Waals surface area contributed by atoms with Crippen molar-refractivity contribution < 1.29 is 9.59 Å². The minimum absolute atomic E-state index is 0.127. The Kier molecular flexibility index (Phi) is 4.96. The molecule has 5 heteroatoms. The number of carbonyl (C=O) groups is 2. The van der Waals surface area contributed by atoms with Gasteiger partial charge in [-0.05, 0) is 42.5 Å². The van der Waals surface area contributed by atoms with E-state index in [0.717, 1.165) is 11.4 Å². The number of primary amides is 1. The first kappa shape index (κ1) is 15.8. The molecule has 2 aromatic rings. The third-order valence-electron chi connectivity index (χ3n) is 3.13. The summed E-state index contributed by atoms with van der Waals surface area (Å²) in [5, 5.41) is 0.525. The number of nitrogens with two attached hydrogens (primary N) is 1. The molecule has 112 valence electrons. The van der Waals surface area contributed by atoms with Crippen LogP contribution in [-0.4, -0.2) is 16.3 Å². The fourth-order valence-corrected chi connectivity index (χ4v) is 2.13. The van der Waals surface area contributed by atoms with Gasteiger partial charge in [-0.2, -0.15) is 0 Å². The molecule has 0 bridgehead atoms. The van der Waals surface area contributed by atoms with E-state index in [1.165, 1.54) is 12.2 Å². The first-order valence-corrected chi connectivity index (χ1v) is 6.96. The zero-order valence-electron chi connectivity index (χ0n) is 12.0. The number of rotatable bonds is 5. The van der Waals surface area contributed by atoms with Gasteiger partial charge in [0.25, 0.3) is 0 Å². The van der Waals surface area contributed by atoms with Gasteiger partial charge in [-0.1, -0.05) is 23.7 Å². The van der Waals surface area contributed by atoms with Gasteiger partial charge in [0.05, 0.1) is 0 Å². The minimum Gasteiger partial charge on any atom is -0.366 e. The molecule has 22 heavy (non-hydrogen) atoms. The summed E-state index contributed by atoms with van der Waals surface area (Å²) in [5.41, 5.74) is 7.25. The molecule has 2 rings (SSSR count). The molecule has 1 aromatic heterocycles. The van der Waals surface area contributed by atoms with Crippen LogP contribution >= 0.6 is 11.6 Å². The monoisotopic (exact) mass is 314 g/mol. The summed E-state index contributed by atoms with van der Waals surface area (Å²) >= 11 is 5.87. The zero-order valence-corrected chi connectivity index (χ0v) is 12.7. The van der Waals surface area contributed by atoms with Crippen molar-refractivity contribution in [1.82, 2.24) is 4.57 Å². The molecular weight excluding hydrogens is 300 g/mol. The summed E-state index contributed by atoms with van der Waals surface area (Å²) in [6.45, 7) is 0. The quantitative estimate of drug-likeness (QED) is 0.681. The average molecular weight is 315 g/mol. The third-order valence-corrected chi connectivity index (χ3v) is 3.37. The minimum atomic E-state index is -0.505. The van der Waals surface area contributed by atoms with Crippen LogP contribution < -0.4 is 5.73 Å². The molecule has 4 nitrogen and oxygen atoms in total. The summed E-state index contributed by atoms with van der Waals surface area (Å²) in [5.74, 6) is -0.632. The smallest absolute Gasteiger partial charge is 0.241 e. The van der Waals surface area contributed by atoms with Crippen LogP contribution in [0.5, 0.6) is 0 Å². The number of aromatic nitrogens is 1. The summed E-state index contributed by atoms with van der Waals surface area (Å²) in [4.78, 5) is 22.8. The van der Waals surface area contributed by atoms with E-state index in [9.17, 15) is 9.59 Å². The molecule has 0 saturated carbocycles. The lowest BCUT2D eigenvalue weighted by atomic mass is 10.1. The van der Waals surface area contributed by atoms with Gasteiger partial charge in [0, 0.05) is 35.1 Å². The molecule has 0 aliphatic rings. The van der Waals surface area contributed by atoms with Crippen LogP contribution in [0.15, 0.2) is 48.6 Å². The lowest BCUT2D eigenvalue weighted by molar-refractivity contribution is -0.113. The Labute approximate surface area is 133 Å². The van der Waals surface area contributed by atoms with Gasteiger partial charge >= 0.3 is 0 Å². The van der Waals surface area contributed by atoms with Crippen molar-refractivity contribution in [3.05, 3.63) is 70.5 Å². The Morgan fingerprint density at radius 2 is 1.73 bits per heavy atom. The molecular formula is C17H15ClN2O2. The first-order chi connectivity index (χ1) is 10.5. The molecule has 1 amide bonds. The van der Waals surface area contributed by atoms with Gasteiger partial charge in [-0.15, -0.1) is 0 Å². The number of ketones is 1. The van der Waals surface area contributed by atoms with E-state index in [-0.39, 0.29) is 5.78 Å². The number of nitrogens with zero attached hydrogens (tertiary/aromatic N) is 1. The number of benzene rings is 1. The predicted octanol–water partition coefficient (Wildman–Crippen LogP) is 3.07. The maximum absolute atomic E-state index is 12.1. The topological polar surface area (TPSA) is 65.1 Å². The Morgan fingerprint density at radius 1 is 1.09 bits per heavy atom. The molecule has 1 aromatic carbocycles. The lowest BCUT2D eigenvalue weighted by Crippen LogP contribution is -2.05. The van der Waals surface area contributed by atoms with Crippen LogP contribution in [0, 0.1) is 0 Å². The van der Waals surface area contributed by atoms with Crippen LogP contribution in [0.25, 0.3) is 12.2 Å². The molecule has 0 aliphatic carbocycles. The zero-order chi connectivity index (χ0) is 16.1. The number of allylic oxidation sites excluding steroid dienone is 1. The highest BCUT2D eigenvalue weighted by Gasteiger charge is 2.04. The molecule has 0 saturated heterocycles. The van der Waals surface area contributed by atoms with E-state index in [1.54, 1.807) is 36.4 Å². The van der Waals surface area contributed by atoms with Crippen molar-refractivity contribution in [3.63, 3.8) is 0 Å². The molecule has 2 N–H and O–H groups in total. The van der Waals surface area contributed by atoms with E-state index >= 15 is 0 Å². The van der Waals surface area contributed by atoms with Gasteiger partial charge in [-0.25, -0.2) is 0 Å². The Morgan fingerprint density at radius 3 is 2.32 bits per heavy atom. The van der Waals surface area contributed by atoms with E-state index in [4.69, 9.17) is 17.3 Å². The lowest BCUT2D eigenvalue weighted by Gasteiger charge is -2.01. The summed E-state index contributed by atoms with van der Waals surface area (Å²) < 4.78 is 1.85. The van der Waals surface area contributed by atoms with Gasteiger partial charge in [-0.3, -0.25) is 9.59 Å². The van der Waals surface area contributed by atoms with Crippen LogP contribution in [0.3, 0.4) is 0 Å². The molecule has 0 atom stereocenters. The molecule has 1 heterocycles. The van der Waals surface area contributed by atoms with Crippen molar-refractivity contribution in [2.24, 2.45) is 12.8 Å². The van der Waals surface area contributed by atoms with Crippen molar-refractivity contribution in [2.45, 2.75) is 0 Å². The molecule has 0 fully saturated rings. The Hall–Kier alpha value is -2.59. The fourth-order valence-electron chi connectivity index (χ4n) is 1.94. The van der Waals surface area contributed by atoms with Gasteiger partial charge in [0.15, 0.2) is 5.78 Å². The van der Waals surface area contributed by atoms with E-state index < -0.39 is 5.91 Å². The van der Waals surface area contributed by atoms with Gasteiger partial charge < -0.3 is 10.3 Å². The summed E-state index contributed by atoms with van der Waals surface area (Å²) in [7, 11) is 1.84. The number of amides is 1. The molecule has 0 unspecified atom stereocenters. The highest BCUT2D eigenvalue weighted by Crippen LogP contribution is 2.14. The molecule has 0 spiro atoms. The highest BCUT2D eigenvalue weighted by molar-refractivity contribution is 6.31. The summed E-state index contributed by atoms with van der Waals surface area (Å²) in [6.07, 6.45) is 6.12. The predicted molar refractivity (Wildman–Crippen MR) is 88.5 cm³/mol. The first-order valence-electron chi connectivity index (χ1n) is 6.58. The van der Waals surface area contributed by atoms with Crippen LogP contribution in [0.4, 0.5) is 0 Å².